The Morgan fingerprint density at radius 1 is 1.35 bits per heavy atom. The number of carboxylic acid groups (broad SMARTS) is 1. The normalized spacial score (nSPS) is 12.4. The summed E-state index contributed by atoms with van der Waals surface area (Å²) < 4.78 is 1.66. The van der Waals surface area contributed by atoms with Gasteiger partial charge in [0.1, 0.15) is 0 Å². The Bertz CT molecular complexity index is 680. The van der Waals surface area contributed by atoms with E-state index in [-0.39, 0.29) is 0 Å². The van der Waals surface area contributed by atoms with E-state index in [1.807, 2.05) is 6.92 Å². The molecule has 0 saturated carbocycles. The van der Waals surface area contributed by atoms with E-state index < -0.39 is 11.9 Å². The lowest BCUT2D eigenvalue weighted by Gasteiger charge is -2.09. The minimum atomic E-state index is -0.877. The van der Waals surface area contributed by atoms with Crippen LogP contribution >= 0.6 is 23.2 Å². The van der Waals surface area contributed by atoms with Crippen molar-refractivity contribution in [1.82, 2.24) is 9.78 Å². The van der Waals surface area contributed by atoms with Crippen molar-refractivity contribution in [2.24, 2.45) is 0 Å². The maximum Gasteiger partial charge on any atom is 0.310 e. The first-order valence-electron chi connectivity index (χ1n) is 6.07. The number of aliphatic carboxylic acids is 1. The monoisotopic (exact) mass is 312 g/mol. The third-order valence-corrected chi connectivity index (χ3v) is 3.83. The Balaban J connectivity index is 2.60. The zero-order valence-electron chi connectivity index (χ0n) is 11.3. The Hall–Kier alpha value is -1.52. The number of hydrogen-bond acceptors (Lipinski definition) is 2. The van der Waals surface area contributed by atoms with Crippen LogP contribution < -0.4 is 0 Å². The summed E-state index contributed by atoms with van der Waals surface area (Å²) in [7, 11) is 0. The van der Waals surface area contributed by atoms with Crippen LogP contribution in [-0.4, -0.2) is 20.9 Å². The molecule has 1 aromatic heterocycles. The quantitative estimate of drug-likeness (QED) is 0.932. The predicted octanol–water partition coefficient (Wildman–Crippen LogP) is 3.98. The van der Waals surface area contributed by atoms with Crippen molar-refractivity contribution in [1.29, 1.82) is 0 Å². The van der Waals surface area contributed by atoms with Gasteiger partial charge in [0.05, 0.1) is 22.3 Å². The highest BCUT2D eigenvalue weighted by Gasteiger charge is 2.23. The van der Waals surface area contributed by atoms with Crippen LogP contribution in [0, 0.1) is 13.8 Å². The highest BCUT2D eigenvalue weighted by Crippen LogP contribution is 2.29. The van der Waals surface area contributed by atoms with Crippen molar-refractivity contribution in [3.05, 3.63) is 45.2 Å². The van der Waals surface area contributed by atoms with Crippen LogP contribution in [0.4, 0.5) is 0 Å². The standard InChI is InChI=1S/C14H14Cl2N2O2/c1-7(14(19)20)13-8(2)17-18(9(13)3)12-5-4-10(15)6-11(12)16/h4-7H,1-3H3,(H,19,20). The van der Waals surface area contributed by atoms with E-state index in [0.29, 0.717) is 27.0 Å². The highest BCUT2D eigenvalue weighted by atomic mass is 35.5. The van der Waals surface area contributed by atoms with Crippen molar-refractivity contribution in [3.63, 3.8) is 0 Å². The fraction of sp³-hybridized carbons (Fsp3) is 0.286. The van der Waals surface area contributed by atoms with Crippen LogP contribution in [-0.2, 0) is 4.79 Å². The molecule has 1 unspecified atom stereocenters. The van der Waals surface area contributed by atoms with Gasteiger partial charge in [-0.25, -0.2) is 4.68 Å². The summed E-state index contributed by atoms with van der Waals surface area (Å²) in [6, 6.07) is 5.12. The van der Waals surface area contributed by atoms with Crippen LogP contribution in [0.25, 0.3) is 5.69 Å². The van der Waals surface area contributed by atoms with Crippen LogP contribution in [0.5, 0.6) is 0 Å². The number of benzene rings is 1. The first-order valence-corrected chi connectivity index (χ1v) is 6.83. The number of carbonyl (C=O) groups is 1. The number of nitrogens with zero attached hydrogens (tertiary/aromatic N) is 2. The van der Waals surface area contributed by atoms with Gasteiger partial charge in [-0.1, -0.05) is 23.2 Å². The molecule has 0 amide bonds. The number of rotatable bonds is 3. The van der Waals surface area contributed by atoms with E-state index in [0.717, 1.165) is 5.69 Å². The van der Waals surface area contributed by atoms with E-state index in [2.05, 4.69) is 5.10 Å². The van der Waals surface area contributed by atoms with Crippen molar-refractivity contribution < 1.29 is 9.90 Å². The minimum Gasteiger partial charge on any atom is -0.481 e. The Kier molecular flexibility index (Phi) is 4.06. The molecule has 0 radical (unpaired) electrons. The molecular weight excluding hydrogens is 299 g/mol. The lowest BCUT2D eigenvalue weighted by Crippen LogP contribution is -2.09. The maximum atomic E-state index is 11.2. The summed E-state index contributed by atoms with van der Waals surface area (Å²) in [4.78, 5) is 11.2. The number of carboxylic acids is 1. The molecule has 0 saturated heterocycles. The smallest absolute Gasteiger partial charge is 0.310 e. The van der Waals surface area contributed by atoms with Gasteiger partial charge in [-0.2, -0.15) is 5.10 Å². The summed E-state index contributed by atoms with van der Waals surface area (Å²) in [6.07, 6.45) is 0. The summed E-state index contributed by atoms with van der Waals surface area (Å²) in [5.74, 6) is -1.49. The topological polar surface area (TPSA) is 55.1 Å². The van der Waals surface area contributed by atoms with Crippen molar-refractivity contribution in [3.8, 4) is 5.69 Å². The predicted molar refractivity (Wildman–Crippen MR) is 79.1 cm³/mol. The Morgan fingerprint density at radius 2 is 2.00 bits per heavy atom. The molecule has 0 spiro atoms. The molecule has 1 aromatic carbocycles. The van der Waals surface area contributed by atoms with Gasteiger partial charge in [0.15, 0.2) is 0 Å². The first kappa shape index (κ1) is 14.9. The van der Waals surface area contributed by atoms with Crippen LogP contribution in [0.15, 0.2) is 18.2 Å². The van der Waals surface area contributed by atoms with E-state index >= 15 is 0 Å². The largest absolute Gasteiger partial charge is 0.481 e. The number of hydrogen-bond donors (Lipinski definition) is 1. The van der Waals surface area contributed by atoms with Crippen LogP contribution in [0.1, 0.15) is 29.8 Å². The average molecular weight is 313 g/mol. The summed E-state index contributed by atoms with van der Waals surface area (Å²) in [6.45, 7) is 5.27. The molecule has 0 bridgehead atoms. The molecule has 1 N–H and O–H groups in total. The van der Waals surface area contributed by atoms with E-state index in [1.165, 1.54) is 0 Å². The van der Waals surface area contributed by atoms with Crippen LogP contribution in [0.2, 0.25) is 10.0 Å². The molecule has 4 nitrogen and oxygen atoms in total. The first-order chi connectivity index (χ1) is 9.32. The van der Waals surface area contributed by atoms with E-state index in [1.54, 1.807) is 36.7 Å². The molecule has 0 aliphatic carbocycles. The van der Waals surface area contributed by atoms with Gasteiger partial charge in [-0.05, 0) is 39.0 Å². The molecule has 20 heavy (non-hydrogen) atoms. The second-order valence-corrected chi connectivity index (χ2v) is 5.50. The zero-order valence-corrected chi connectivity index (χ0v) is 12.8. The third kappa shape index (κ3) is 2.53. The van der Waals surface area contributed by atoms with Gasteiger partial charge in [0.25, 0.3) is 0 Å². The molecule has 1 atom stereocenters. The molecule has 1 heterocycles. The maximum absolute atomic E-state index is 11.2. The lowest BCUT2D eigenvalue weighted by atomic mass is 9.99. The lowest BCUT2D eigenvalue weighted by molar-refractivity contribution is -0.138. The van der Waals surface area contributed by atoms with Crippen LogP contribution in [0.3, 0.4) is 0 Å². The number of halogens is 2. The van der Waals surface area contributed by atoms with Gasteiger partial charge in [0.2, 0.25) is 0 Å². The van der Waals surface area contributed by atoms with Gasteiger partial charge >= 0.3 is 5.97 Å². The second kappa shape index (κ2) is 5.46. The third-order valence-electron chi connectivity index (χ3n) is 3.29. The minimum absolute atomic E-state index is 0.470. The fourth-order valence-electron chi connectivity index (χ4n) is 2.29. The zero-order chi connectivity index (χ0) is 15.0. The molecule has 106 valence electrons. The molecule has 2 aromatic rings. The second-order valence-electron chi connectivity index (χ2n) is 4.65. The summed E-state index contributed by atoms with van der Waals surface area (Å²) in [5, 5.41) is 14.6. The summed E-state index contributed by atoms with van der Waals surface area (Å²) in [5.41, 5.74) is 2.84. The van der Waals surface area contributed by atoms with Crippen molar-refractivity contribution in [2.45, 2.75) is 26.7 Å². The SMILES string of the molecule is Cc1nn(-c2ccc(Cl)cc2Cl)c(C)c1C(C)C(=O)O. The fourth-order valence-corrected chi connectivity index (χ4v) is 2.78. The molecule has 2 rings (SSSR count). The summed E-state index contributed by atoms with van der Waals surface area (Å²) >= 11 is 12.1. The highest BCUT2D eigenvalue weighted by molar-refractivity contribution is 6.35. The van der Waals surface area contributed by atoms with E-state index in [4.69, 9.17) is 23.2 Å². The molecule has 0 aliphatic heterocycles. The van der Waals surface area contributed by atoms with Crippen molar-refractivity contribution in [2.75, 3.05) is 0 Å². The molecular formula is C14H14Cl2N2O2. The molecule has 0 aliphatic rings. The van der Waals surface area contributed by atoms with Gasteiger partial charge < -0.3 is 5.11 Å². The molecule has 0 fully saturated rings. The van der Waals surface area contributed by atoms with E-state index in [9.17, 15) is 9.90 Å². The van der Waals surface area contributed by atoms with Gasteiger partial charge in [-0.15, -0.1) is 0 Å². The molecule has 6 heteroatoms. The average Bonchev–Trinajstić information content (AvgIpc) is 2.64. The Labute approximate surface area is 126 Å². The number of aromatic nitrogens is 2. The van der Waals surface area contributed by atoms with Gasteiger partial charge in [-0.3, -0.25) is 4.79 Å². The Morgan fingerprint density at radius 3 is 2.55 bits per heavy atom. The number of aryl methyl sites for hydroxylation is 1. The van der Waals surface area contributed by atoms with Gasteiger partial charge in [0, 0.05) is 16.3 Å². The van der Waals surface area contributed by atoms with Crippen molar-refractivity contribution >= 4 is 29.2 Å².